The Hall–Kier alpha value is -2.78. The molecule has 1 saturated carbocycles. The van der Waals surface area contributed by atoms with Gasteiger partial charge in [-0.1, -0.05) is 73.7 Å². The molecule has 0 unspecified atom stereocenters. The third-order valence-corrected chi connectivity index (χ3v) is 9.03. The lowest BCUT2D eigenvalue weighted by atomic mass is 9.79. The van der Waals surface area contributed by atoms with Crippen molar-refractivity contribution in [1.82, 2.24) is 5.32 Å². The number of hydrogen-bond acceptors (Lipinski definition) is 7. The first kappa shape index (κ1) is 32.1. The summed E-state index contributed by atoms with van der Waals surface area (Å²) in [4.78, 5) is 25.4. The predicted molar refractivity (Wildman–Crippen MR) is 173 cm³/mol. The van der Waals surface area contributed by atoms with Crippen LogP contribution in [0.25, 0.3) is 0 Å². The number of esters is 2. The summed E-state index contributed by atoms with van der Waals surface area (Å²) in [5.74, 6) is -0.969. The van der Waals surface area contributed by atoms with E-state index in [1.165, 1.54) is 19.3 Å². The number of rotatable bonds is 12. The largest absolute Gasteiger partial charge is 0.462 e. The van der Waals surface area contributed by atoms with Crippen LogP contribution in [0.1, 0.15) is 66.9 Å². The van der Waals surface area contributed by atoms with Gasteiger partial charge in [0.1, 0.15) is 13.2 Å². The summed E-state index contributed by atoms with van der Waals surface area (Å²) in [7, 11) is 0. The summed E-state index contributed by atoms with van der Waals surface area (Å²) in [5, 5.41) is 7.85. The van der Waals surface area contributed by atoms with E-state index in [-0.39, 0.29) is 25.2 Å². The predicted octanol–water partition coefficient (Wildman–Crippen LogP) is 8.23. The van der Waals surface area contributed by atoms with Crippen LogP contribution in [0.3, 0.4) is 0 Å². The molecule has 0 atom stereocenters. The molecule has 1 aliphatic carbocycles. The van der Waals surface area contributed by atoms with Gasteiger partial charge in [0.25, 0.3) is 0 Å². The molecule has 224 valence electrons. The van der Waals surface area contributed by atoms with Gasteiger partial charge in [-0.15, -0.1) is 0 Å². The van der Waals surface area contributed by atoms with Crippen LogP contribution >= 0.6 is 39.1 Å². The van der Waals surface area contributed by atoms with E-state index in [0.29, 0.717) is 49.3 Å². The lowest BCUT2D eigenvalue weighted by Gasteiger charge is -2.38. The Labute approximate surface area is 265 Å². The molecule has 3 aromatic carbocycles. The van der Waals surface area contributed by atoms with E-state index in [9.17, 15) is 9.59 Å². The monoisotopic (exact) mass is 675 g/mol. The summed E-state index contributed by atoms with van der Waals surface area (Å²) >= 11 is 16.0. The molecule has 0 bridgehead atoms. The van der Waals surface area contributed by atoms with Gasteiger partial charge in [-0.05, 0) is 76.7 Å². The van der Waals surface area contributed by atoms with Gasteiger partial charge in [0, 0.05) is 22.2 Å². The molecule has 0 heterocycles. The third-order valence-electron chi connectivity index (χ3n) is 7.75. The van der Waals surface area contributed by atoms with Crippen molar-refractivity contribution in [2.24, 2.45) is 0 Å². The Kier molecular flexibility index (Phi) is 11.6. The third kappa shape index (κ3) is 8.40. The van der Waals surface area contributed by atoms with Crippen LogP contribution in [-0.2, 0) is 27.2 Å². The van der Waals surface area contributed by atoms with Crippen LogP contribution in [0.5, 0.6) is 0 Å². The maximum absolute atomic E-state index is 12.8. The van der Waals surface area contributed by atoms with Crippen LogP contribution < -0.4 is 16.4 Å². The molecule has 0 amide bonds. The highest BCUT2D eigenvalue weighted by atomic mass is 79.9. The molecular weight excluding hydrogens is 641 g/mol. The Bertz CT molecular complexity index is 1390. The Morgan fingerprint density at radius 2 is 1.64 bits per heavy atom. The van der Waals surface area contributed by atoms with Gasteiger partial charge in [0.2, 0.25) is 0 Å². The highest BCUT2D eigenvalue weighted by Gasteiger charge is 2.29. The molecule has 4 N–H and O–H groups in total. The molecule has 1 aliphatic rings. The van der Waals surface area contributed by atoms with Crippen molar-refractivity contribution in [3.63, 3.8) is 0 Å². The Morgan fingerprint density at radius 1 is 0.952 bits per heavy atom. The number of nitrogens with one attached hydrogen (secondary N) is 2. The van der Waals surface area contributed by atoms with Crippen molar-refractivity contribution in [3.05, 3.63) is 85.8 Å². The summed E-state index contributed by atoms with van der Waals surface area (Å²) in [6.07, 6.45) is 7.06. The molecular formula is C32H36BrCl2N3O4. The molecule has 1 fully saturated rings. The average Bonchev–Trinajstić information content (AvgIpc) is 2.99. The number of carbonyl (C=O) groups is 2. The number of para-hydroxylation sites is 2. The number of nitrogens with two attached hydrogens (primary N) is 1. The fourth-order valence-electron chi connectivity index (χ4n) is 5.23. The van der Waals surface area contributed by atoms with Crippen molar-refractivity contribution in [1.29, 1.82) is 0 Å². The van der Waals surface area contributed by atoms with Gasteiger partial charge in [-0.3, -0.25) is 4.79 Å². The first-order chi connectivity index (χ1) is 20.2. The quantitative estimate of drug-likeness (QED) is 0.101. The number of hydrogen-bond donors (Lipinski definition) is 3. The molecule has 42 heavy (non-hydrogen) atoms. The van der Waals surface area contributed by atoms with Gasteiger partial charge >= 0.3 is 11.9 Å². The lowest BCUT2D eigenvalue weighted by Crippen LogP contribution is -2.45. The van der Waals surface area contributed by atoms with Crippen molar-refractivity contribution >= 4 is 68.1 Å². The summed E-state index contributed by atoms with van der Waals surface area (Å²) < 4.78 is 11.4. The van der Waals surface area contributed by atoms with E-state index in [1.807, 2.05) is 24.3 Å². The van der Waals surface area contributed by atoms with Crippen LogP contribution in [0, 0.1) is 0 Å². The summed E-state index contributed by atoms with van der Waals surface area (Å²) in [6.45, 7) is 2.63. The summed E-state index contributed by atoms with van der Waals surface area (Å²) in [6, 6.07) is 16.0. The van der Waals surface area contributed by atoms with Crippen LogP contribution in [-0.4, -0.2) is 30.7 Å². The zero-order chi connectivity index (χ0) is 30.1. The Morgan fingerprint density at radius 3 is 2.36 bits per heavy atom. The SMILES string of the molecule is CCC1(NCc2cc(C(=O)OCCOC(=O)Cc3ccccc3Nc3c(Cl)cccc3Cl)cc(Br)c2N)CCCCC1. The van der Waals surface area contributed by atoms with Gasteiger partial charge in [-0.2, -0.15) is 0 Å². The smallest absolute Gasteiger partial charge is 0.338 e. The van der Waals surface area contributed by atoms with Gasteiger partial charge in [-0.25, -0.2) is 4.79 Å². The minimum Gasteiger partial charge on any atom is -0.462 e. The second kappa shape index (κ2) is 15.1. The number of halogens is 3. The van der Waals surface area contributed by atoms with Crippen molar-refractivity contribution in [2.75, 3.05) is 24.3 Å². The van der Waals surface area contributed by atoms with E-state index in [0.717, 1.165) is 24.8 Å². The van der Waals surface area contributed by atoms with Crippen LogP contribution in [0.2, 0.25) is 10.0 Å². The highest BCUT2D eigenvalue weighted by molar-refractivity contribution is 9.10. The second-order valence-corrected chi connectivity index (χ2v) is 12.2. The van der Waals surface area contributed by atoms with Crippen molar-refractivity contribution < 1.29 is 19.1 Å². The second-order valence-electron chi connectivity index (χ2n) is 10.5. The minimum absolute atomic E-state index is 0.0136. The molecule has 3 aromatic rings. The molecule has 7 nitrogen and oxygen atoms in total. The van der Waals surface area contributed by atoms with Crippen molar-refractivity contribution in [3.8, 4) is 0 Å². The summed E-state index contributed by atoms with van der Waals surface area (Å²) in [5.41, 5.74) is 10.2. The van der Waals surface area contributed by atoms with E-state index in [4.69, 9.17) is 38.4 Å². The maximum Gasteiger partial charge on any atom is 0.338 e. The Balaban J connectivity index is 1.29. The number of benzene rings is 3. The minimum atomic E-state index is -0.512. The topological polar surface area (TPSA) is 103 Å². The normalized spacial score (nSPS) is 14.3. The van der Waals surface area contributed by atoms with Gasteiger partial charge < -0.3 is 25.8 Å². The van der Waals surface area contributed by atoms with E-state index in [2.05, 4.69) is 33.5 Å². The zero-order valence-electron chi connectivity index (χ0n) is 23.6. The fraction of sp³-hybridized carbons (Fsp3) is 0.375. The molecule has 0 radical (unpaired) electrons. The number of nitrogen functional groups attached to an aromatic ring is 1. The van der Waals surface area contributed by atoms with E-state index in [1.54, 1.807) is 30.3 Å². The molecule has 10 heteroatoms. The number of ether oxygens (including phenoxy) is 2. The van der Waals surface area contributed by atoms with Crippen LogP contribution in [0.15, 0.2) is 59.1 Å². The lowest BCUT2D eigenvalue weighted by molar-refractivity contribution is -0.143. The number of anilines is 3. The van der Waals surface area contributed by atoms with Crippen LogP contribution in [0.4, 0.5) is 17.1 Å². The molecule has 4 rings (SSSR count). The molecule has 0 aliphatic heterocycles. The highest BCUT2D eigenvalue weighted by Crippen LogP contribution is 2.34. The first-order valence-corrected chi connectivity index (χ1v) is 15.7. The average molecular weight is 677 g/mol. The first-order valence-electron chi connectivity index (χ1n) is 14.2. The fourth-order valence-corrected chi connectivity index (χ4v) is 6.23. The molecule has 0 spiro atoms. The molecule has 0 saturated heterocycles. The van der Waals surface area contributed by atoms with Gasteiger partial charge in [0.15, 0.2) is 0 Å². The standard InChI is InChI=1S/C32H36BrCl2N3O4/c1-2-32(13-6-3-7-14-32)37-20-23-17-22(18-24(33)29(23)36)31(40)42-16-15-41-28(39)19-21-9-4-5-12-27(21)38-30-25(34)10-8-11-26(30)35/h4-5,8-12,17-18,37-38H,2-3,6-7,13-16,19-20,36H2,1H3. The zero-order valence-corrected chi connectivity index (χ0v) is 26.7. The van der Waals surface area contributed by atoms with Crippen molar-refractivity contribution in [2.45, 2.75) is 64.0 Å². The van der Waals surface area contributed by atoms with Gasteiger partial charge in [0.05, 0.1) is 33.4 Å². The maximum atomic E-state index is 12.8. The molecule has 0 aromatic heterocycles. The number of carbonyl (C=O) groups excluding carboxylic acids is 2. The van der Waals surface area contributed by atoms with E-state index < -0.39 is 11.9 Å². The van der Waals surface area contributed by atoms with E-state index >= 15 is 0 Å².